The zero-order valence-corrected chi connectivity index (χ0v) is 11.6. The van der Waals surface area contributed by atoms with Gasteiger partial charge in [0.2, 0.25) is 0 Å². The van der Waals surface area contributed by atoms with E-state index in [0.717, 1.165) is 30.4 Å². The number of hydrogen-bond donors (Lipinski definition) is 0. The summed E-state index contributed by atoms with van der Waals surface area (Å²) >= 11 is 0. The van der Waals surface area contributed by atoms with Crippen LogP contribution in [0.2, 0.25) is 0 Å². The van der Waals surface area contributed by atoms with Gasteiger partial charge < -0.3 is 0 Å². The highest BCUT2D eigenvalue weighted by Crippen LogP contribution is 2.12. The van der Waals surface area contributed by atoms with Crippen molar-refractivity contribution in [2.24, 2.45) is 0 Å². The van der Waals surface area contributed by atoms with Crippen LogP contribution in [-0.2, 0) is 4.79 Å². The summed E-state index contributed by atoms with van der Waals surface area (Å²) in [5.41, 5.74) is 2.80. The Morgan fingerprint density at radius 2 is 1.61 bits per heavy atom. The van der Waals surface area contributed by atoms with E-state index in [-0.39, 0.29) is 18.0 Å². The van der Waals surface area contributed by atoms with E-state index in [1.807, 2.05) is 32.0 Å². The number of carbonyl (C=O) groups is 2. The molecule has 1 aromatic rings. The molecule has 0 saturated carbocycles. The lowest BCUT2D eigenvalue weighted by Gasteiger charge is -2.04. The van der Waals surface area contributed by atoms with Gasteiger partial charge in [0, 0.05) is 12.0 Å². The van der Waals surface area contributed by atoms with Gasteiger partial charge in [-0.2, -0.15) is 0 Å². The predicted molar refractivity (Wildman–Crippen MR) is 74.0 cm³/mol. The molecule has 18 heavy (non-hydrogen) atoms. The summed E-state index contributed by atoms with van der Waals surface area (Å²) < 4.78 is 0. The molecule has 0 aromatic heterocycles. The van der Waals surface area contributed by atoms with Crippen molar-refractivity contribution in [1.29, 1.82) is 0 Å². The van der Waals surface area contributed by atoms with Crippen molar-refractivity contribution in [2.45, 2.75) is 52.9 Å². The maximum Gasteiger partial charge on any atom is 0.170 e. The van der Waals surface area contributed by atoms with Crippen LogP contribution in [0.15, 0.2) is 18.2 Å². The minimum absolute atomic E-state index is 0.0482. The lowest BCUT2D eigenvalue weighted by Crippen LogP contribution is -2.08. The fourth-order valence-electron chi connectivity index (χ4n) is 2.08. The molecular weight excluding hydrogens is 224 g/mol. The number of Topliss-reactive ketones (excluding diaryl/α,β-unsaturated/α-hetero) is 2. The fraction of sp³-hybridized carbons (Fsp3) is 0.500. The van der Waals surface area contributed by atoms with Gasteiger partial charge in [0.05, 0.1) is 6.42 Å². The highest BCUT2D eigenvalue weighted by atomic mass is 16.1. The maximum atomic E-state index is 12.0. The molecule has 0 aliphatic carbocycles. The smallest absolute Gasteiger partial charge is 0.170 e. The molecule has 98 valence electrons. The molecule has 0 spiro atoms. The monoisotopic (exact) mass is 246 g/mol. The highest BCUT2D eigenvalue weighted by molar-refractivity contribution is 6.08. The topological polar surface area (TPSA) is 34.1 Å². The van der Waals surface area contributed by atoms with Crippen molar-refractivity contribution in [3.63, 3.8) is 0 Å². The highest BCUT2D eigenvalue weighted by Gasteiger charge is 2.12. The molecule has 1 rings (SSSR count). The minimum atomic E-state index is -0.0525. The van der Waals surface area contributed by atoms with Crippen molar-refractivity contribution in [3.8, 4) is 0 Å². The number of benzene rings is 1. The second-order valence-electron chi connectivity index (χ2n) is 4.97. The number of hydrogen-bond acceptors (Lipinski definition) is 2. The molecule has 0 unspecified atom stereocenters. The first-order valence-corrected chi connectivity index (χ1v) is 6.66. The molecule has 2 heteroatoms. The first-order chi connectivity index (χ1) is 8.52. The number of unbranched alkanes of at least 4 members (excludes halogenated alkanes) is 2. The Balaban J connectivity index is 2.56. The Hall–Kier alpha value is -1.44. The molecule has 0 aliphatic heterocycles. The van der Waals surface area contributed by atoms with E-state index >= 15 is 0 Å². The summed E-state index contributed by atoms with van der Waals surface area (Å²) in [6.07, 6.45) is 3.63. The third kappa shape index (κ3) is 4.82. The Bertz CT molecular complexity index is 412. The maximum absolute atomic E-state index is 12.0. The molecular formula is C16H22O2. The normalized spacial score (nSPS) is 10.4. The fourth-order valence-corrected chi connectivity index (χ4v) is 2.08. The van der Waals surface area contributed by atoms with Gasteiger partial charge in [0.15, 0.2) is 5.78 Å². The van der Waals surface area contributed by atoms with Crippen LogP contribution in [0.25, 0.3) is 0 Å². The Kier molecular flexibility index (Phi) is 5.76. The van der Waals surface area contributed by atoms with Gasteiger partial charge >= 0.3 is 0 Å². The van der Waals surface area contributed by atoms with Crippen LogP contribution in [-0.4, -0.2) is 11.6 Å². The molecule has 0 fully saturated rings. The van der Waals surface area contributed by atoms with E-state index in [9.17, 15) is 9.59 Å². The van der Waals surface area contributed by atoms with Crippen LogP contribution >= 0.6 is 0 Å². The van der Waals surface area contributed by atoms with Gasteiger partial charge in [-0.25, -0.2) is 0 Å². The van der Waals surface area contributed by atoms with Crippen molar-refractivity contribution < 1.29 is 9.59 Å². The summed E-state index contributed by atoms with van der Waals surface area (Å²) in [5, 5.41) is 0. The molecule has 0 N–H and O–H groups in total. The molecule has 1 aromatic carbocycles. The summed E-state index contributed by atoms with van der Waals surface area (Å²) in [5.74, 6) is 0.0101. The van der Waals surface area contributed by atoms with Crippen molar-refractivity contribution in [3.05, 3.63) is 34.9 Å². The number of carbonyl (C=O) groups excluding carboxylic acids is 2. The molecule has 0 saturated heterocycles. The number of aryl methyl sites for hydroxylation is 2. The van der Waals surface area contributed by atoms with Crippen molar-refractivity contribution in [2.75, 3.05) is 0 Å². The summed E-state index contributed by atoms with van der Waals surface area (Å²) in [6.45, 7) is 6.03. The largest absolute Gasteiger partial charge is 0.299 e. The van der Waals surface area contributed by atoms with Crippen LogP contribution < -0.4 is 0 Å². The predicted octanol–water partition coefficient (Wildman–Crippen LogP) is 4.03. The van der Waals surface area contributed by atoms with Gasteiger partial charge in [-0.15, -0.1) is 0 Å². The van der Waals surface area contributed by atoms with Gasteiger partial charge in [0.25, 0.3) is 0 Å². The molecule has 0 radical (unpaired) electrons. The summed E-state index contributed by atoms with van der Waals surface area (Å²) in [6, 6.07) is 5.74. The standard InChI is InChI=1S/C16H22O2/c1-4-5-6-7-15(17)11-16(18)14-9-12(2)8-13(3)10-14/h8-10H,4-7,11H2,1-3H3. The van der Waals surface area contributed by atoms with Crippen LogP contribution in [0.3, 0.4) is 0 Å². The van der Waals surface area contributed by atoms with Crippen molar-refractivity contribution in [1.82, 2.24) is 0 Å². The first kappa shape index (κ1) is 14.6. The number of rotatable bonds is 7. The third-order valence-corrected chi connectivity index (χ3v) is 2.96. The molecule has 0 atom stereocenters. The van der Waals surface area contributed by atoms with E-state index in [1.54, 1.807) is 0 Å². The Labute approximate surface area is 109 Å². The molecule has 0 bridgehead atoms. The number of ketones is 2. The summed E-state index contributed by atoms with van der Waals surface area (Å²) in [7, 11) is 0. The van der Waals surface area contributed by atoms with Gasteiger partial charge in [0.1, 0.15) is 5.78 Å². The molecule has 0 amide bonds. The van der Waals surface area contributed by atoms with E-state index in [2.05, 4.69) is 6.92 Å². The second kappa shape index (κ2) is 7.10. The first-order valence-electron chi connectivity index (χ1n) is 6.66. The van der Waals surface area contributed by atoms with Gasteiger partial charge in [-0.1, -0.05) is 37.0 Å². The third-order valence-electron chi connectivity index (χ3n) is 2.96. The second-order valence-corrected chi connectivity index (χ2v) is 4.97. The zero-order chi connectivity index (χ0) is 13.5. The average Bonchev–Trinajstić information content (AvgIpc) is 2.28. The average molecular weight is 246 g/mol. The Morgan fingerprint density at radius 3 is 2.17 bits per heavy atom. The van der Waals surface area contributed by atoms with Crippen LogP contribution in [0.5, 0.6) is 0 Å². The van der Waals surface area contributed by atoms with E-state index in [4.69, 9.17) is 0 Å². The quantitative estimate of drug-likeness (QED) is 0.413. The molecule has 0 heterocycles. The Morgan fingerprint density at radius 1 is 1.00 bits per heavy atom. The zero-order valence-electron chi connectivity index (χ0n) is 11.6. The minimum Gasteiger partial charge on any atom is -0.299 e. The molecule has 0 aliphatic rings. The summed E-state index contributed by atoms with van der Waals surface area (Å²) in [4.78, 5) is 23.6. The molecule has 2 nitrogen and oxygen atoms in total. The van der Waals surface area contributed by atoms with E-state index in [0.29, 0.717) is 12.0 Å². The lowest BCUT2D eigenvalue weighted by molar-refractivity contribution is -0.118. The van der Waals surface area contributed by atoms with Gasteiger partial charge in [-0.3, -0.25) is 9.59 Å². The van der Waals surface area contributed by atoms with E-state index < -0.39 is 0 Å². The van der Waals surface area contributed by atoms with Crippen LogP contribution in [0, 0.1) is 13.8 Å². The van der Waals surface area contributed by atoms with E-state index in [1.165, 1.54) is 0 Å². The van der Waals surface area contributed by atoms with Gasteiger partial charge in [-0.05, 0) is 32.4 Å². The lowest BCUT2D eigenvalue weighted by atomic mass is 9.99. The SMILES string of the molecule is CCCCCC(=O)CC(=O)c1cc(C)cc(C)c1. The van der Waals surface area contributed by atoms with Crippen LogP contribution in [0.1, 0.15) is 60.5 Å². The van der Waals surface area contributed by atoms with Crippen LogP contribution in [0.4, 0.5) is 0 Å². The van der Waals surface area contributed by atoms with Crippen molar-refractivity contribution >= 4 is 11.6 Å².